The molecule has 1 aromatic carbocycles. The first-order valence-electron chi connectivity index (χ1n) is 7.63. The molecule has 1 atom stereocenters. The topological polar surface area (TPSA) is 63.7 Å². The highest BCUT2D eigenvalue weighted by Gasteiger charge is 2.29. The molecule has 1 aliphatic rings. The number of sulfone groups is 1. The quantitative estimate of drug-likeness (QED) is 0.766. The van der Waals surface area contributed by atoms with Crippen molar-refractivity contribution in [3.8, 4) is 0 Å². The largest absolute Gasteiger partial charge is 0.381 e. The number of amides is 1. The fourth-order valence-electron chi connectivity index (χ4n) is 2.76. The molecule has 1 amide bonds. The van der Waals surface area contributed by atoms with E-state index >= 15 is 0 Å². The molecule has 0 aliphatic carbocycles. The first-order valence-corrected chi connectivity index (χ1v) is 9.28. The standard InChI is InChI=1S/C16H22FNO4S/c1-12(16(19)18-9-7-14(22-2)8-10-18)11-23(20,21)15-5-3-13(17)4-6-15/h3-6,12,14H,7-11H2,1-2H3/t12-/m0/s1. The van der Waals surface area contributed by atoms with Gasteiger partial charge < -0.3 is 9.64 Å². The van der Waals surface area contributed by atoms with Crippen LogP contribution in [0.3, 0.4) is 0 Å². The predicted octanol–water partition coefficient (Wildman–Crippen LogP) is 1.87. The number of piperidine rings is 1. The van der Waals surface area contributed by atoms with Gasteiger partial charge in [-0.05, 0) is 37.1 Å². The molecule has 0 bridgehead atoms. The van der Waals surface area contributed by atoms with Gasteiger partial charge >= 0.3 is 0 Å². The molecule has 23 heavy (non-hydrogen) atoms. The van der Waals surface area contributed by atoms with E-state index in [1.807, 2.05) is 0 Å². The number of carbonyl (C=O) groups excluding carboxylic acids is 1. The molecule has 1 saturated heterocycles. The van der Waals surface area contributed by atoms with Crippen LogP contribution >= 0.6 is 0 Å². The van der Waals surface area contributed by atoms with Crippen LogP contribution < -0.4 is 0 Å². The molecule has 0 spiro atoms. The maximum atomic E-state index is 12.9. The van der Waals surface area contributed by atoms with E-state index in [0.29, 0.717) is 13.1 Å². The zero-order chi connectivity index (χ0) is 17.0. The predicted molar refractivity (Wildman–Crippen MR) is 84.2 cm³/mol. The van der Waals surface area contributed by atoms with Crippen molar-refractivity contribution in [1.82, 2.24) is 4.90 Å². The summed E-state index contributed by atoms with van der Waals surface area (Å²) in [5, 5.41) is 0. The molecule has 2 rings (SSSR count). The highest BCUT2D eigenvalue weighted by Crippen LogP contribution is 2.19. The van der Waals surface area contributed by atoms with E-state index in [1.54, 1.807) is 18.9 Å². The molecule has 0 aromatic heterocycles. The Labute approximate surface area is 136 Å². The number of hydrogen-bond donors (Lipinski definition) is 0. The van der Waals surface area contributed by atoms with Gasteiger partial charge in [0.15, 0.2) is 9.84 Å². The zero-order valence-electron chi connectivity index (χ0n) is 13.4. The van der Waals surface area contributed by atoms with Crippen LogP contribution in [0.2, 0.25) is 0 Å². The van der Waals surface area contributed by atoms with Gasteiger partial charge in [-0.1, -0.05) is 6.92 Å². The lowest BCUT2D eigenvalue weighted by Gasteiger charge is -2.32. The molecule has 7 heteroatoms. The Kier molecular flexibility index (Phi) is 5.75. The molecule has 1 aliphatic heterocycles. The smallest absolute Gasteiger partial charge is 0.226 e. The van der Waals surface area contributed by atoms with Crippen LogP contribution in [0.1, 0.15) is 19.8 Å². The highest BCUT2D eigenvalue weighted by molar-refractivity contribution is 7.91. The second kappa shape index (κ2) is 7.40. The first kappa shape index (κ1) is 17.9. The van der Waals surface area contributed by atoms with Crippen molar-refractivity contribution in [2.75, 3.05) is 26.0 Å². The molecule has 5 nitrogen and oxygen atoms in total. The van der Waals surface area contributed by atoms with Crippen molar-refractivity contribution >= 4 is 15.7 Å². The maximum absolute atomic E-state index is 12.9. The molecule has 1 aromatic rings. The van der Waals surface area contributed by atoms with Gasteiger partial charge in [-0.2, -0.15) is 0 Å². The molecular formula is C16H22FNO4S. The lowest BCUT2D eigenvalue weighted by Crippen LogP contribution is -2.44. The van der Waals surface area contributed by atoms with Crippen molar-refractivity contribution in [1.29, 1.82) is 0 Å². The third kappa shape index (κ3) is 4.51. The summed E-state index contributed by atoms with van der Waals surface area (Å²) in [4.78, 5) is 14.2. The zero-order valence-corrected chi connectivity index (χ0v) is 14.2. The van der Waals surface area contributed by atoms with E-state index in [9.17, 15) is 17.6 Å². The van der Waals surface area contributed by atoms with Crippen molar-refractivity contribution in [2.45, 2.75) is 30.8 Å². The van der Waals surface area contributed by atoms with Gasteiger partial charge in [0.1, 0.15) is 5.82 Å². The molecule has 128 valence electrons. The van der Waals surface area contributed by atoms with Crippen LogP contribution in [0.25, 0.3) is 0 Å². The third-order valence-corrected chi connectivity index (χ3v) is 6.08. The Morgan fingerprint density at radius 3 is 2.39 bits per heavy atom. The van der Waals surface area contributed by atoms with Gasteiger partial charge in [0.25, 0.3) is 0 Å². The number of methoxy groups -OCH3 is 1. The molecule has 0 saturated carbocycles. The second-order valence-electron chi connectivity index (χ2n) is 5.90. The van der Waals surface area contributed by atoms with Crippen molar-refractivity contribution in [3.63, 3.8) is 0 Å². The van der Waals surface area contributed by atoms with Crippen LogP contribution in [-0.4, -0.2) is 51.3 Å². The van der Waals surface area contributed by atoms with Gasteiger partial charge in [-0.15, -0.1) is 0 Å². The number of benzene rings is 1. The number of hydrogen-bond acceptors (Lipinski definition) is 4. The molecule has 0 unspecified atom stereocenters. The third-order valence-electron chi connectivity index (χ3n) is 4.15. The van der Waals surface area contributed by atoms with Crippen LogP contribution in [0.4, 0.5) is 4.39 Å². The lowest BCUT2D eigenvalue weighted by atomic mass is 10.1. The van der Waals surface area contributed by atoms with Crippen LogP contribution in [0.15, 0.2) is 29.2 Å². The number of carbonyl (C=O) groups is 1. The van der Waals surface area contributed by atoms with Gasteiger partial charge in [0.2, 0.25) is 5.91 Å². The molecule has 1 fully saturated rings. The number of likely N-dealkylation sites (tertiary alicyclic amines) is 1. The number of rotatable bonds is 5. The lowest BCUT2D eigenvalue weighted by molar-refractivity contribution is -0.136. The minimum atomic E-state index is -3.61. The summed E-state index contributed by atoms with van der Waals surface area (Å²) in [6, 6.07) is 4.67. The Balaban J connectivity index is 1.99. The van der Waals surface area contributed by atoms with Crippen molar-refractivity contribution < 1.29 is 22.3 Å². The fourth-order valence-corrected chi connectivity index (χ4v) is 4.31. The van der Waals surface area contributed by atoms with Crippen LogP contribution in [0.5, 0.6) is 0 Å². The normalized spacial score (nSPS) is 18.0. The summed E-state index contributed by atoms with van der Waals surface area (Å²) in [6.45, 7) is 2.78. The summed E-state index contributed by atoms with van der Waals surface area (Å²) in [5.74, 6) is -1.56. The molecule has 0 N–H and O–H groups in total. The number of ether oxygens (including phenoxy) is 1. The van der Waals surface area contributed by atoms with E-state index in [0.717, 1.165) is 25.0 Å². The number of halogens is 1. The summed E-state index contributed by atoms with van der Waals surface area (Å²) < 4.78 is 42.8. The minimum absolute atomic E-state index is 0.0386. The van der Waals surface area contributed by atoms with Gasteiger partial charge in [-0.25, -0.2) is 12.8 Å². The monoisotopic (exact) mass is 343 g/mol. The Bertz CT molecular complexity index is 637. The summed E-state index contributed by atoms with van der Waals surface area (Å²) in [7, 11) is -1.96. The minimum Gasteiger partial charge on any atom is -0.381 e. The highest BCUT2D eigenvalue weighted by atomic mass is 32.2. The molecular weight excluding hydrogens is 321 g/mol. The Hall–Kier alpha value is -1.47. The van der Waals surface area contributed by atoms with Gasteiger partial charge in [-0.3, -0.25) is 4.79 Å². The number of nitrogens with zero attached hydrogens (tertiary/aromatic N) is 1. The average Bonchev–Trinajstić information content (AvgIpc) is 2.54. The van der Waals surface area contributed by atoms with Crippen LogP contribution in [-0.2, 0) is 19.4 Å². The summed E-state index contributed by atoms with van der Waals surface area (Å²) >= 11 is 0. The van der Waals surface area contributed by atoms with E-state index in [1.165, 1.54) is 12.1 Å². The molecule has 1 heterocycles. The Morgan fingerprint density at radius 1 is 1.30 bits per heavy atom. The van der Waals surface area contributed by atoms with Gasteiger partial charge in [0.05, 0.1) is 16.8 Å². The van der Waals surface area contributed by atoms with E-state index in [2.05, 4.69) is 0 Å². The van der Waals surface area contributed by atoms with Crippen molar-refractivity contribution in [2.24, 2.45) is 5.92 Å². The first-order chi connectivity index (χ1) is 10.8. The van der Waals surface area contributed by atoms with E-state index in [-0.39, 0.29) is 22.7 Å². The van der Waals surface area contributed by atoms with Crippen LogP contribution in [0, 0.1) is 11.7 Å². The Morgan fingerprint density at radius 2 is 1.87 bits per heavy atom. The van der Waals surface area contributed by atoms with E-state index in [4.69, 9.17) is 4.74 Å². The van der Waals surface area contributed by atoms with Gasteiger partial charge in [0, 0.05) is 26.1 Å². The van der Waals surface area contributed by atoms with Crippen molar-refractivity contribution in [3.05, 3.63) is 30.1 Å². The second-order valence-corrected chi connectivity index (χ2v) is 7.93. The maximum Gasteiger partial charge on any atom is 0.226 e. The SMILES string of the molecule is COC1CCN(C(=O)[C@@H](C)CS(=O)(=O)c2ccc(F)cc2)CC1. The molecule has 0 radical (unpaired) electrons. The summed E-state index contributed by atoms with van der Waals surface area (Å²) in [5.41, 5.74) is 0. The summed E-state index contributed by atoms with van der Waals surface area (Å²) in [6.07, 6.45) is 1.69. The van der Waals surface area contributed by atoms with E-state index < -0.39 is 21.6 Å². The average molecular weight is 343 g/mol. The fraction of sp³-hybridized carbons (Fsp3) is 0.562.